The second-order valence-corrected chi connectivity index (χ2v) is 4.23. The van der Waals surface area contributed by atoms with Crippen LogP contribution < -0.4 is 10.1 Å². The number of nitrogens with zero attached hydrogens (tertiary/aromatic N) is 1. The van der Waals surface area contributed by atoms with E-state index in [0.29, 0.717) is 0 Å². The molecule has 1 heterocycles. The summed E-state index contributed by atoms with van der Waals surface area (Å²) in [6.07, 6.45) is 3.76. The Kier molecular flexibility index (Phi) is 3.88. The Morgan fingerprint density at radius 3 is 2.82 bits per heavy atom. The number of anilines is 1. The van der Waals surface area contributed by atoms with E-state index in [0.717, 1.165) is 22.2 Å². The van der Waals surface area contributed by atoms with Gasteiger partial charge in [-0.2, -0.15) is 0 Å². The number of para-hydroxylation sites is 1. The lowest BCUT2D eigenvalue weighted by Crippen LogP contribution is -1.93. The molecule has 0 amide bonds. The van der Waals surface area contributed by atoms with Crippen molar-refractivity contribution in [2.45, 2.75) is 4.90 Å². The first-order valence-electron chi connectivity index (χ1n) is 5.28. The molecule has 0 saturated heterocycles. The van der Waals surface area contributed by atoms with Crippen LogP contribution in [0.5, 0.6) is 11.5 Å². The topological polar surface area (TPSA) is 34.1 Å². The summed E-state index contributed by atoms with van der Waals surface area (Å²) < 4.78 is 5.84. The van der Waals surface area contributed by atoms with E-state index in [1.807, 2.05) is 49.7 Å². The Morgan fingerprint density at radius 1 is 1.24 bits per heavy atom. The molecule has 1 aromatic heterocycles. The van der Waals surface area contributed by atoms with Crippen molar-refractivity contribution in [2.24, 2.45) is 0 Å². The van der Waals surface area contributed by atoms with E-state index >= 15 is 0 Å². The van der Waals surface area contributed by atoms with Crippen LogP contribution in [-0.2, 0) is 0 Å². The highest BCUT2D eigenvalue weighted by Gasteiger charge is 2.03. The summed E-state index contributed by atoms with van der Waals surface area (Å²) in [5, 5.41) is 2.99. The summed E-state index contributed by atoms with van der Waals surface area (Å²) in [5.74, 6) is 2.45. The highest BCUT2D eigenvalue weighted by molar-refractivity contribution is 7.98. The predicted molar refractivity (Wildman–Crippen MR) is 72.1 cm³/mol. The van der Waals surface area contributed by atoms with Gasteiger partial charge in [-0.25, -0.2) is 4.98 Å². The fraction of sp³-hybridized carbons (Fsp3) is 0.154. The van der Waals surface area contributed by atoms with Crippen LogP contribution in [0.1, 0.15) is 0 Å². The molecule has 2 aromatic rings. The summed E-state index contributed by atoms with van der Waals surface area (Å²) >= 11 is 1.67. The summed E-state index contributed by atoms with van der Waals surface area (Å²) in [6, 6.07) is 11.7. The molecule has 0 aliphatic rings. The van der Waals surface area contributed by atoms with Crippen LogP contribution in [0, 0.1) is 0 Å². The second kappa shape index (κ2) is 5.59. The van der Waals surface area contributed by atoms with E-state index in [2.05, 4.69) is 10.3 Å². The third-order valence-electron chi connectivity index (χ3n) is 2.28. The Labute approximate surface area is 105 Å². The smallest absolute Gasteiger partial charge is 0.140 e. The van der Waals surface area contributed by atoms with Gasteiger partial charge in [0, 0.05) is 24.2 Å². The molecule has 0 unspecified atom stereocenters. The van der Waals surface area contributed by atoms with Crippen molar-refractivity contribution in [3.63, 3.8) is 0 Å². The average Bonchev–Trinajstić information content (AvgIpc) is 2.39. The van der Waals surface area contributed by atoms with Gasteiger partial charge in [0.15, 0.2) is 0 Å². The minimum absolute atomic E-state index is 0.783. The van der Waals surface area contributed by atoms with Crippen molar-refractivity contribution in [1.29, 1.82) is 0 Å². The molecule has 0 aliphatic heterocycles. The van der Waals surface area contributed by atoms with E-state index in [9.17, 15) is 0 Å². The number of hydrogen-bond donors (Lipinski definition) is 1. The minimum atomic E-state index is 0.783. The van der Waals surface area contributed by atoms with E-state index in [-0.39, 0.29) is 0 Å². The van der Waals surface area contributed by atoms with Crippen LogP contribution in [0.3, 0.4) is 0 Å². The van der Waals surface area contributed by atoms with Gasteiger partial charge in [-0.3, -0.25) is 0 Å². The number of rotatable bonds is 4. The first kappa shape index (κ1) is 11.8. The molecular weight excluding hydrogens is 232 g/mol. The third kappa shape index (κ3) is 2.91. The fourth-order valence-electron chi connectivity index (χ4n) is 1.44. The van der Waals surface area contributed by atoms with Crippen LogP contribution in [0.4, 0.5) is 5.82 Å². The fourth-order valence-corrected chi connectivity index (χ4v) is 1.97. The Morgan fingerprint density at radius 2 is 2.06 bits per heavy atom. The molecule has 2 rings (SSSR count). The van der Waals surface area contributed by atoms with Gasteiger partial charge in [-0.1, -0.05) is 12.1 Å². The van der Waals surface area contributed by atoms with Crippen LogP contribution in [0.15, 0.2) is 47.5 Å². The molecule has 1 N–H and O–H groups in total. The number of ether oxygens (including phenoxy) is 1. The maximum atomic E-state index is 5.84. The third-order valence-corrected chi connectivity index (χ3v) is 3.06. The molecule has 0 aliphatic carbocycles. The van der Waals surface area contributed by atoms with Gasteiger partial charge in [0.05, 0.1) is 0 Å². The molecule has 17 heavy (non-hydrogen) atoms. The summed E-state index contributed by atoms with van der Waals surface area (Å²) in [4.78, 5) is 5.27. The number of nitrogens with one attached hydrogen (secondary N) is 1. The maximum absolute atomic E-state index is 5.84. The summed E-state index contributed by atoms with van der Waals surface area (Å²) in [7, 11) is 1.84. The van der Waals surface area contributed by atoms with Crippen LogP contribution in [0.25, 0.3) is 0 Å². The highest BCUT2D eigenvalue weighted by Crippen LogP contribution is 2.31. The van der Waals surface area contributed by atoms with Gasteiger partial charge in [-0.15, -0.1) is 11.8 Å². The van der Waals surface area contributed by atoms with Crippen molar-refractivity contribution in [3.05, 3.63) is 42.6 Å². The van der Waals surface area contributed by atoms with Gasteiger partial charge in [-0.05, 0) is 24.5 Å². The van der Waals surface area contributed by atoms with E-state index < -0.39 is 0 Å². The Hall–Kier alpha value is -1.68. The van der Waals surface area contributed by atoms with E-state index in [1.54, 1.807) is 18.0 Å². The van der Waals surface area contributed by atoms with Crippen molar-refractivity contribution in [1.82, 2.24) is 4.98 Å². The van der Waals surface area contributed by atoms with Crippen molar-refractivity contribution in [3.8, 4) is 11.5 Å². The number of pyridine rings is 1. The van der Waals surface area contributed by atoms with Gasteiger partial charge >= 0.3 is 0 Å². The summed E-state index contributed by atoms with van der Waals surface area (Å²) in [5.41, 5.74) is 0. The zero-order chi connectivity index (χ0) is 12.1. The molecule has 0 atom stereocenters. The Bertz CT molecular complexity index is 502. The number of benzene rings is 1. The zero-order valence-electron chi connectivity index (χ0n) is 9.81. The van der Waals surface area contributed by atoms with Gasteiger partial charge < -0.3 is 10.1 Å². The maximum Gasteiger partial charge on any atom is 0.140 e. The second-order valence-electron chi connectivity index (χ2n) is 3.38. The summed E-state index contributed by atoms with van der Waals surface area (Å²) in [6.45, 7) is 0. The normalized spacial score (nSPS) is 10.0. The molecule has 4 heteroatoms. The molecule has 0 fully saturated rings. The van der Waals surface area contributed by atoms with Crippen LogP contribution in [0.2, 0.25) is 0 Å². The average molecular weight is 246 g/mol. The van der Waals surface area contributed by atoms with Crippen molar-refractivity contribution in [2.75, 3.05) is 18.6 Å². The van der Waals surface area contributed by atoms with Gasteiger partial charge in [0.1, 0.15) is 17.3 Å². The molecule has 0 bridgehead atoms. The standard InChI is InChI=1S/C13H14N2OS/c1-14-13-9-10(7-8-15-13)16-11-5-3-4-6-12(11)17-2/h3-9H,1-2H3,(H,14,15). The zero-order valence-corrected chi connectivity index (χ0v) is 10.6. The van der Waals surface area contributed by atoms with Gasteiger partial charge in [0.25, 0.3) is 0 Å². The highest BCUT2D eigenvalue weighted by atomic mass is 32.2. The molecule has 1 aromatic carbocycles. The molecule has 88 valence electrons. The lowest BCUT2D eigenvalue weighted by atomic mass is 10.3. The lowest BCUT2D eigenvalue weighted by Gasteiger charge is -2.09. The number of thioether (sulfide) groups is 1. The largest absolute Gasteiger partial charge is 0.456 e. The minimum Gasteiger partial charge on any atom is -0.456 e. The first-order chi connectivity index (χ1) is 8.33. The van der Waals surface area contributed by atoms with E-state index in [4.69, 9.17) is 4.74 Å². The SMILES string of the molecule is CNc1cc(Oc2ccccc2SC)ccn1. The molecule has 0 radical (unpaired) electrons. The van der Waals surface area contributed by atoms with Crippen LogP contribution >= 0.6 is 11.8 Å². The first-order valence-corrected chi connectivity index (χ1v) is 6.50. The van der Waals surface area contributed by atoms with E-state index in [1.165, 1.54) is 0 Å². The monoisotopic (exact) mass is 246 g/mol. The van der Waals surface area contributed by atoms with Gasteiger partial charge in [0.2, 0.25) is 0 Å². The molecule has 0 saturated carbocycles. The quantitative estimate of drug-likeness (QED) is 0.835. The molecular formula is C13H14N2OS. The number of hydrogen-bond acceptors (Lipinski definition) is 4. The van der Waals surface area contributed by atoms with Crippen LogP contribution in [-0.4, -0.2) is 18.3 Å². The van der Waals surface area contributed by atoms with Crippen molar-refractivity contribution < 1.29 is 4.74 Å². The molecule has 0 spiro atoms. The predicted octanol–water partition coefficient (Wildman–Crippen LogP) is 3.64. The lowest BCUT2D eigenvalue weighted by molar-refractivity contribution is 0.471. The molecule has 3 nitrogen and oxygen atoms in total. The van der Waals surface area contributed by atoms with Crippen molar-refractivity contribution >= 4 is 17.6 Å². The Balaban J connectivity index is 2.24. The number of aromatic nitrogens is 1.